The summed E-state index contributed by atoms with van der Waals surface area (Å²) in [7, 11) is 6.17. The molecule has 0 spiro atoms. The predicted octanol–water partition coefficient (Wildman–Crippen LogP) is 6.81. The molecule has 0 aliphatic carbocycles. The first-order valence-corrected chi connectivity index (χ1v) is 11.5. The molecule has 0 atom stereocenters. The molecule has 1 aliphatic heterocycles. The number of rotatable bonds is 6. The third-order valence-corrected chi connectivity index (χ3v) is 6.57. The van der Waals surface area contributed by atoms with Gasteiger partial charge in [-0.15, -0.1) is 12.4 Å². The van der Waals surface area contributed by atoms with E-state index in [-0.39, 0.29) is 19.0 Å². The van der Waals surface area contributed by atoms with Gasteiger partial charge in [0, 0.05) is 35.4 Å². The van der Waals surface area contributed by atoms with Crippen LogP contribution in [-0.4, -0.2) is 39.3 Å². The minimum Gasteiger partial charge on any atom is -0.495 e. The van der Waals surface area contributed by atoms with Gasteiger partial charge in [-0.25, -0.2) is 9.78 Å². The van der Waals surface area contributed by atoms with E-state index >= 15 is 0 Å². The van der Waals surface area contributed by atoms with Crippen molar-refractivity contribution >= 4 is 40.7 Å². The lowest BCUT2D eigenvalue weighted by Crippen LogP contribution is -2.13. The molecule has 5 rings (SSSR count). The monoisotopic (exact) mass is 560 g/mol. The summed E-state index contributed by atoms with van der Waals surface area (Å²) in [4.78, 5) is 18.8. The molecular formula is C28H24ClF3N2O5. The Morgan fingerprint density at radius 1 is 0.923 bits per heavy atom. The van der Waals surface area contributed by atoms with Gasteiger partial charge in [0.1, 0.15) is 23.7 Å². The number of benzene rings is 3. The van der Waals surface area contributed by atoms with Crippen LogP contribution in [0.2, 0.25) is 0 Å². The Balaban J connectivity index is 0.00000353. The van der Waals surface area contributed by atoms with Crippen molar-refractivity contribution in [3.63, 3.8) is 0 Å². The maximum atomic E-state index is 13.2. The number of hydrogen-bond acceptors (Lipinski definition) is 7. The van der Waals surface area contributed by atoms with Crippen molar-refractivity contribution < 1.29 is 36.9 Å². The van der Waals surface area contributed by atoms with Gasteiger partial charge in [-0.05, 0) is 53.4 Å². The summed E-state index contributed by atoms with van der Waals surface area (Å²) < 4.78 is 61.6. The molecule has 3 aromatic carbocycles. The largest absolute Gasteiger partial charge is 0.495 e. The van der Waals surface area contributed by atoms with Crippen LogP contribution in [0.5, 0.6) is 17.2 Å². The van der Waals surface area contributed by atoms with Crippen LogP contribution in [0.4, 0.5) is 24.7 Å². The second kappa shape index (κ2) is 10.5. The van der Waals surface area contributed by atoms with E-state index in [2.05, 4.69) is 4.98 Å². The Morgan fingerprint density at radius 2 is 1.62 bits per heavy atom. The van der Waals surface area contributed by atoms with Crippen molar-refractivity contribution in [2.24, 2.45) is 0 Å². The summed E-state index contributed by atoms with van der Waals surface area (Å²) in [6.07, 6.45) is -2.84. The van der Waals surface area contributed by atoms with Gasteiger partial charge in [0.05, 0.1) is 26.9 Å². The Labute approximate surface area is 228 Å². The van der Waals surface area contributed by atoms with E-state index in [1.54, 1.807) is 48.5 Å². The number of hydrogen-bond donors (Lipinski definition) is 0. The Morgan fingerprint density at radius 3 is 2.21 bits per heavy atom. The summed E-state index contributed by atoms with van der Waals surface area (Å²) >= 11 is 0. The molecule has 0 unspecified atom stereocenters. The van der Waals surface area contributed by atoms with E-state index in [9.17, 15) is 18.0 Å². The minimum absolute atomic E-state index is 0. The lowest BCUT2D eigenvalue weighted by molar-refractivity contribution is -0.137. The number of carbonyl (C=O) groups is 1. The fourth-order valence-corrected chi connectivity index (χ4v) is 4.70. The number of ether oxygens (including phenoxy) is 4. The van der Waals surface area contributed by atoms with Crippen LogP contribution in [0.3, 0.4) is 0 Å². The third kappa shape index (κ3) is 4.76. The summed E-state index contributed by atoms with van der Waals surface area (Å²) in [6.45, 7) is 0.0516. The molecule has 1 aromatic heterocycles. The van der Waals surface area contributed by atoms with Crippen molar-refractivity contribution in [3.05, 3.63) is 71.4 Å². The zero-order chi connectivity index (χ0) is 27.2. The number of alkyl halides is 3. The topological polar surface area (TPSA) is 70.1 Å². The molecule has 0 radical (unpaired) electrons. The molecular weight excluding hydrogens is 537 g/mol. The fourth-order valence-electron chi connectivity index (χ4n) is 4.70. The van der Waals surface area contributed by atoms with Gasteiger partial charge in [-0.1, -0.05) is 6.07 Å². The third-order valence-electron chi connectivity index (χ3n) is 6.57. The van der Waals surface area contributed by atoms with Crippen molar-refractivity contribution in [1.29, 1.82) is 0 Å². The molecule has 0 N–H and O–H groups in total. The average Bonchev–Trinajstić information content (AvgIpc) is 3.30. The number of methoxy groups -OCH3 is 3. The van der Waals surface area contributed by atoms with Crippen molar-refractivity contribution in [2.75, 3.05) is 33.3 Å². The van der Waals surface area contributed by atoms with Gasteiger partial charge in [-0.2, -0.15) is 13.2 Å². The molecule has 39 heavy (non-hydrogen) atoms. The number of anilines is 2. The lowest BCUT2D eigenvalue weighted by Gasteiger charge is -2.21. The number of halogens is 4. The molecule has 0 saturated carbocycles. The Bertz CT molecular complexity index is 1560. The number of carbonyl (C=O) groups excluding carboxylic acids is 1. The number of pyridine rings is 1. The molecule has 204 valence electrons. The van der Waals surface area contributed by atoms with Gasteiger partial charge < -0.3 is 23.8 Å². The average molecular weight is 561 g/mol. The first-order valence-electron chi connectivity index (χ1n) is 11.5. The van der Waals surface area contributed by atoms with Crippen LogP contribution in [0, 0.1) is 0 Å². The van der Waals surface area contributed by atoms with Crippen LogP contribution in [0.1, 0.15) is 21.5 Å². The summed E-state index contributed by atoms with van der Waals surface area (Å²) in [5, 5.41) is 1.36. The normalized spacial score (nSPS) is 12.4. The number of fused-ring (bicyclic) bond motifs is 2. The number of esters is 1. The van der Waals surface area contributed by atoms with E-state index in [4.69, 9.17) is 18.9 Å². The van der Waals surface area contributed by atoms with Crippen molar-refractivity contribution in [3.8, 4) is 28.4 Å². The maximum absolute atomic E-state index is 13.2. The Hall–Kier alpha value is -4.18. The standard InChI is InChI=1S/C28H23F3N2O5.ClH/c1-33(17-7-5-6-16(10-17)28(29,30)31)23-9-8-15(13-32-23)24-18-11-21(35-2)22(36-3)12-19(18)26(37-4)25-20(24)14-38-27(25)34;/h5-13H,14H2,1-4H3;1H. The first kappa shape index (κ1) is 27.8. The molecule has 11 heteroatoms. The molecule has 0 saturated heterocycles. The molecule has 0 amide bonds. The summed E-state index contributed by atoms with van der Waals surface area (Å²) in [5.74, 6) is 1.27. The van der Waals surface area contributed by atoms with Crippen LogP contribution in [0.15, 0.2) is 54.7 Å². The quantitative estimate of drug-likeness (QED) is 0.240. The van der Waals surface area contributed by atoms with E-state index in [0.29, 0.717) is 56.4 Å². The SMILES string of the molecule is COc1cc2c(OC)c3c(c(-c4ccc(N(C)c5cccc(C(F)(F)F)c5)nc4)c2cc1OC)COC3=O.Cl. The summed E-state index contributed by atoms with van der Waals surface area (Å²) in [6, 6.07) is 12.1. The second-order valence-electron chi connectivity index (χ2n) is 8.60. The molecule has 2 heterocycles. The van der Waals surface area contributed by atoms with Gasteiger partial charge in [0.15, 0.2) is 11.5 Å². The lowest BCUT2D eigenvalue weighted by atomic mass is 9.90. The second-order valence-corrected chi connectivity index (χ2v) is 8.60. The highest BCUT2D eigenvalue weighted by Gasteiger charge is 2.33. The van der Waals surface area contributed by atoms with Crippen molar-refractivity contribution in [2.45, 2.75) is 12.8 Å². The van der Waals surface area contributed by atoms with Gasteiger partial charge in [-0.3, -0.25) is 0 Å². The molecule has 0 bridgehead atoms. The minimum atomic E-state index is -4.45. The van der Waals surface area contributed by atoms with Gasteiger partial charge in [0.2, 0.25) is 0 Å². The zero-order valence-electron chi connectivity index (χ0n) is 21.4. The smallest absolute Gasteiger partial charge is 0.416 e. The van der Waals surface area contributed by atoms with E-state index in [1.807, 2.05) is 0 Å². The highest BCUT2D eigenvalue weighted by Crippen LogP contribution is 2.47. The van der Waals surface area contributed by atoms with E-state index in [0.717, 1.165) is 17.5 Å². The molecule has 0 fully saturated rings. The van der Waals surface area contributed by atoms with Gasteiger partial charge >= 0.3 is 12.1 Å². The van der Waals surface area contributed by atoms with Gasteiger partial charge in [0.25, 0.3) is 0 Å². The van der Waals surface area contributed by atoms with E-state index < -0.39 is 17.7 Å². The van der Waals surface area contributed by atoms with Crippen molar-refractivity contribution in [1.82, 2.24) is 4.98 Å². The van der Waals surface area contributed by atoms with Crippen LogP contribution < -0.4 is 19.1 Å². The molecule has 1 aliphatic rings. The molecule has 4 aromatic rings. The summed E-state index contributed by atoms with van der Waals surface area (Å²) in [5.41, 5.74) is 1.96. The number of nitrogens with zero attached hydrogens (tertiary/aromatic N) is 2. The van der Waals surface area contributed by atoms with Crippen LogP contribution in [-0.2, 0) is 17.5 Å². The fraction of sp³-hybridized carbons (Fsp3) is 0.214. The maximum Gasteiger partial charge on any atom is 0.416 e. The highest BCUT2D eigenvalue weighted by molar-refractivity contribution is 6.12. The highest BCUT2D eigenvalue weighted by atomic mass is 35.5. The Kier molecular flexibility index (Phi) is 7.52. The first-order chi connectivity index (χ1) is 18.2. The van der Waals surface area contributed by atoms with Crippen LogP contribution in [0.25, 0.3) is 21.9 Å². The van der Waals surface area contributed by atoms with Crippen LogP contribution >= 0.6 is 12.4 Å². The molecule has 7 nitrogen and oxygen atoms in total. The number of aromatic nitrogens is 1. The number of cyclic esters (lactones) is 1. The van der Waals surface area contributed by atoms with E-state index in [1.165, 1.54) is 27.4 Å². The predicted molar refractivity (Wildman–Crippen MR) is 143 cm³/mol. The zero-order valence-corrected chi connectivity index (χ0v) is 22.2.